The molecule has 0 amide bonds. The van der Waals surface area contributed by atoms with Crippen molar-refractivity contribution in [2.75, 3.05) is 37.6 Å². The second kappa shape index (κ2) is 11.0. The molecule has 3 aromatic rings. The molecule has 3 heterocycles. The smallest absolute Gasteiger partial charge is 0.133 e. The van der Waals surface area contributed by atoms with E-state index in [1.807, 2.05) is 60.4 Å². The molecule has 3 aliphatic heterocycles. The molecule has 2 atom stereocenters. The highest BCUT2D eigenvalue weighted by molar-refractivity contribution is 5.53. The molecule has 0 aliphatic carbocycles. The Bertz CT molecular complexity index is 1360. The highest BCUT2D eigenvalue weighted by atomic mass is 19.1. The summed E-state index contributed by atoms with van der Waals surface area (Å²) in [5.74, 6) is -0.455. The lowest BCUT2D eigenvalue weighted by atomic mass is 9.75. The lowest BCUT2D eigenvalue weighted by Crippen LogP contribution is -2.61. The first kappa shape index (κ1) is 28.1. The van der Waals surface area contributed by atoms with Crippen LogP contribution < -0.4 is 15.0 Å². The summed E-state index contributed by atoms with van der Waals surface area (Å²) >= 11 is 0. The predicted octanol–water partition coefficient (Wildman–Crippen LogP) is 6.82. The minimum Gasteiger partial charge on any atom is -0.489 e. The van der Waals surface area contributed by atoms with Crippen LogP contribution in [-0.4, -0.2) is 49.3 Å². The molecule has 0 saturated carbocycles. The molecule has 0 bridgehead atoms. The third-order valence-corrected chi connectivity index (χ3v) is 8.99. The van der Waals surface area contributed by atoms with Crippen LogP contribution in [0.1, 0.15) is 61.9 Å². The van der Waals surface area contributed by atoms with Gasteiger partial charge in [0.2, 0.25) is 0 Å². The van der Waals surface area contributed by atoms with Crippen LogP contribution in [0.5, 0.6) is 5.75 Å². The molecule has 3 aromatic carbocycles. The molecule has 3 aliphatic rings. The Kier molecular flexibility index (Phi) is 7.53. The molecule has 0 aromatic heterocycles. The number of fused-ring (bicyclic) bond motifs is 1. The number of halogens is 3. The number of piperidine rings is 1. The average Bonchev–Trinajstić information content (AvgIpc) is 2.92. The van der Waals surface area contributed by atoms with Gasteiger partial charge < -0.3 is 15.0 Å². The third-order valence-electron chi connectivity index (χ3n) is 8.99. The zero-order valence-corrected chi connectivity index (χ0v) is 24.2. The molecule has 218 valence electrons. The summed E-state index contributed by atoms with van der Waals surface area (Å²) in [6.07, 6.45) is 2.78. The second-order valence-electron chi connectivity index (χ2n) is 12.9. The number of ether oxygens (including phenoxy) is 1. The van der Waals surface area contributed by atoms with Gasteiger partial charge in [0.1, 0.15) is 29.7 Å². The van der Waals surface area contributed by atoms with Crippen molar-refractivity contribution in [1.82, 2.24) is 10.2 Å². The topological polar surface area (TPSA) is 27.7 Å². The van der Waals surface area contributed by atoms with Gasteiger partial charge in [-0.05, 0) is 81.0 Å². The van der Waals surface area contributed by atoms with E-state index in [-0.39, 0.29) is 23.6 Å². The van der Waals surface area contributed by atoms with Crippen molar-refractivity contribution in [3.05, 3.63) is 94.6 Å². The monoisotopic (exact) mass is 563 g/mol. The number of benzene rings is 3. The summed E-state index contributed by atoms with van der Waals surface area (Å²) in [5.41, 5.74) is 2.06. The summed E-state index contributed by atoms with van der Waals surface area (Å²) in [7, 11) is 0. The highest BCUT2D eigenvalue weighted by Crippen LogP contribution is 2.44. The SMILES string of the molecule is C[C@@H]1Cc2cc(OCc3ccccc3)ccc2C(c2c(F)cc(N3CCCC4(CNC4)C3)cc2F)N1CC(C)(C)F. The molecule has 1 unspecified atom stereocenters. The van der Waals surface area contributed by atoms with E-state index in [1.54, 1.807) is 0 Å². The molecule has 1 spiro atoms. The van der Waals surface area contributed by atoms with Gasteiger partial charge in [0.05, 0.1) is 6.04 Å². The summed E-state index contributed by atoms with van der Waals surface area (Å²) < 4.78 is 53.4. The van der Waals surface area contributed by atoms with Crippen LogP contribution in [-0.2, 0) is 13.0 Å². The van der Waals surface area contributed by atoms with Gasteiger partial charge in [-0.1, -0.05) is 36.4 Å². The lowest BCUT2D eigenvalue weighted by molar-refractivity contribution is 0.0652. The fourth-order valence-corrected chi connectivity index (χ4v) is 6.94. The number of alkyl halides is 1. The van der Waals surface area contributed by atoms with Gasteiger partial charge in [0.25, 0.3) is 0 Å². The van der Waals surface area contributed by atoms with Crippen LogP contribution in [0, 0.1) is 17.0 Å². The van der Waals surface area contributed by atoms with Crippen LogP contribution in [0.25, 0.3) is 0 Å². The van der Waals surface area contributed by atoms with E-state index in [2.05, 4.69) is 10.2 Å². The minimum absolute atomic E-state index is 0.0132. The van der Waals surface area contributed by atoms with Crippen molar-refractivity contribution in [3.63, 3.8) is 0 Å². The zero-order valence-electron chi connectivity index (χ0n) is 24.2. The van der Waals surface area contributed by atoms with E-state index in [1.165, 1.54) is 26.0 Å². The van der Waals surface area contributed by atoms with E-state index in [4.69, 9.17) is 4.74 Å². The molecule has 6 rings (SSSR count). The number of nitrogens with zero attached hydrogens (tertiary/aromatic N) is 2. The first-order chi connectivity index (χ1) is 19.6. The Hall–Kier alpha value is -3.03. The quantitative estimate of drug-likeness (QED) is 0.342. The molecule has 2 fully saturated rings. The van der Waals surface area contributed by atoms with E-state index in [0.717, 1.165) is 55.7 Å². The first-order valence-corrected chi connectivity index (χ1v) is 14.8. The van der Waals surface area contributed by atoms with Crippen molar-refractivity contribution in [3.8, 4) is 5.75 Å². The van der Waals surface area contributed by atoms with Gasteiger partial charge >= 0.3 is 0 Å². The van der Waals surface area contributed by atoms with E-state index in [0.29, 0.717) is 24.5 Å². The highest BCUT2D eigenvalue weighted by Gasteiger charge is 2.42. The second-order valence-corrected chi connectivity index (χ2v) is 12.9. The Morgan fingerprint density at radius 2 is 1.76 bits per heavy atom. The fraction of sp³-hybridized carbons (Fsp3) is 0.471. The molecule has 4 nitrogen and oxygen atoms in total. The number of rotatable bonds is 7. The van der Waals surface area contributed by atoms with Crippen molar-refractivity contribution >= 4 is 5.69 Å². The lowest BCUT2D eigenvalue weighted by Gasteiger charge is -2.50. The normalized spacial score (nSPS) is 22.3. The van der Waals surface area contributed by atoms with Crippen molar-refractivity contribution in [1.29, 1.82) is 0 Å². The summed E-state index contributed by atoms with van der Waals surface area (Å²) in [6.45, 7) is 9.03. The van der Waals surface area contributed by atoms with Gasteiger partial charge in [-0.25, -0.2) is 13.2 Å². The van der Waals surface area contributed by atoms with Crippen LogP contribution in [0.3, 0.4) is 0 Å². The zero-order chi connectivity index (χ0) is 28.8. The standard InChI is InChI=1S/C34H40F3N3O/c1-23-14-25-15-27(41-18-24-8-5-4-6-9-24)10-11-28(25)32(40(23)21-33(2,3)37)31-29(35)16-26(17-30(31)36)39-13-7-12-34(22-39)19-38-20-34/h4-6,8-11,15-17,23,32,38H,7,12-14,18-22H2,1-3H3/t23-,32?/m1/s1. The maximum absolute atomic E-state index is 16.1. The van der Waals surface area contributed by atoms with Crippen molar-refractivity contribution in [2.24, 2.45) is 5.41 Å². The largest absolute Gasteiger partial charge is 0.489 e. The number of nitrogens with one attached hydrogen (secondary N) is 1. The first-order valence-electron chi connectivity index (χ1n) is 14.8. The summed E-state index contributed by atoms with van der Waals surface area (Å²) in [5, 5.41) is 3.36. The van der Waals surface area contributed by atoms with Crippen LogP contribution in [0.2, 0.25) is 0 Å². The van der Waals surface area contributed by atoms with Crippen LogP contribution in [0.15, 0.2) is 60.7 Å². The molecule has 41 heavy (non-hydrogen) atoms. The Labute approximate surface area is 241 Å². The number of hydrogen-bond acceptors (Lipinski definition) is 4. The van der Waals surface area contributed by atoms with Gasteiger partial charge in [0, 0.05) is 55.4 Å². The van der Waals surface area contributed by atoms with Gasteiger partial charge in [0.15, 0.2) is 0 Å². The molecule has 2 saturated heterocycles. The van der Waals surface area contributed by atoms with E-state index >= 15 is 13.2 Å². The molecule has 1 N–H and O–H groups in total. The summed E-state index contributed by atoms with van der Waals surface area (Å²) in [6, 6.07) is 17.8. The maximum atomic E-state index is 16.1. The number of anilines is 1. The van der Waals surface area contributed by atoms with Crippen LogP contribution >= 0.6 is 0 Å². The molecule has 7 heteroatoms. The van der Waals surface area contributed by atoms with E-state index in [9.17, 15) is 0 Å². The minimum atomic E-state index is -1.53. The van der Waals surface area contributed by atoms with Gasteiger partial charge in [-0.15, -0.1) is 0 Å². The summed E-state index contributed by atoms with van der Waals surface area (Å²) in [4.78, 5) is 4.04. The van der Waals surface area contributed by atoms with Crippen molar-refractivity contribution < 1.29 is 17.9 Å². The predicted molar refractivity (Wildman–Crippen MR) is 157 cm³/mol. The molecular formula is C34H40F3N3O. The average molecular weight is 564 g/mol. The number of hydrogen-bond donors (Lipinski definition) is 1. The fourth-order valence-electron chi connectivity index (χ4n) is 6.94. The van der Waals surface area contributed by atoms with Crippen molar-refractivity contribution in [2.45, 2.75) is 64.4 Å². The van der Waals surface area contributed by atoms with Crippen LogP contribution in [0.4, 0.5) is 18.9 Å². The molecule has 0 radical (unpaired) electrons. The maximum Gasteiger partial charge on any atom is 0.133 e. The third kappa shape index (κ3) is 5.84. The van der Waals surface area contributed by atoms with Gasteiger partial charge in [-0.3, -0.25) is 4.90 Å². The van der Waals surface area contributed by atoms with E-state index < -0.39 is 23.3 Å². The Balaban J connectivity index is 1.34. The Morgan fingerprint density at radius 3 is 2.41 bits per heavy atom. The van der Waals surface area contributed by atoms with Gasteiger partial charge in [-0.2, -0.15) is 0 Å². The Morgan fingerprint density at radius 1 is 1.02 bits per heavy atom. The molecular weight excluding hydrogens is 523 g/mol.